The van der Waals surface area contributed by atoms with Crippen LogP contribution in [-0.4, -0.2) is 16.6 Å². The largest absolute Gasteiger partial charge is 0.494 e. The minimum Gasteiger partial charge on any atom is -0.494 e. The first-order valence-electron chi connectivity index (χ1n) is 12.3. The first-order valence-corrected chi connectivity index (χ1v) is 12.3. The SMILES string of the molecule is CCCCCCCCCCCCOc1ccc(-c2ncc(CC(C)CC)cn2)cc1. The number of rotatable bonds is 16. The molecule has 1 aromatic carbocycles. The van der Waals surface area contributed by atoms with Crippen LogP contribution in [0.2, 0.25) is 0 Å². The average molecular weight is 411 g/mol. The number of hydrogen-bond donors (Lipinski definition) is 0. The molecule has 2 aromatic rings. The number of ether oxygens (including phenoxy) is 1. The van der Waals surface area contributed by atoms with Crippen LogP contribution in [-0.2, 0) is 6.42 Å². The number of benzene rings is 1. The summed E-state index contributed by atoms with van der Waals surface area (Å²) in [7, 11) is 0. The Morgan fingerprint density at radius 2 is 1.33 bits per heavy atom. The molecule has 1 heterocycles. The van der Waals surface area contributed by atoms with Gasteiger partial charge in [0.2, 0.25) is 0 Å². The maximum absolute atomic E-state index is 5.90. The van der Waals surface area contributed by atoms with Crippen LogP contribution in [0.1, 0.15) is 97.0 Å². The second kappa shape index (κ2) is 15.0. The minimum atomic E-state index is 0.673. The van der Waals surface area contributed by atoms with E-state index < -0.39 is 0 Å². The van der Waals surface area contributed by atoms with Crippen molar-refractivity contribution < 1.29 is 4.74 Å². The molecule has 2 rings (SSSR count). The summed E-state index contributed by atoms with van der Waals surface area (Å²) in [5.41, 5.74) is 2.25. The standard InChI is InChI=1S/C27H42N2O/c1-4-6-7-8-9-10-11-12-13-14-19-30-26-17-15-25(16-18-26)27-28-21-24(22-29-27)20-23(3)5-2/h15-18,21-23H,4-14,19-20H2,1-3H3. The molecular formula is C27H42N2O. The highest BCUT2D eigenvalue weighted by Crippen LogP contribution is 2.20. The van der Waals surface area contributed by atoms with Gasteiger partial charge >= 0.3 is 0 Å². The van der Waals surface area contributed by atoms with Crippen molar-refractivity contribution >= 4 is 0 Å². The lowest BCUT2D eigenvalue weighted by Crippen LogP contribution is -2.00. The Labute approximate surface area is 184 Å². The van der Waals surface area contributed by atoms with E-state index >= 15 is 0 Å². The molecule has 0 bridgehead atoms. The molecule has 0 radical (unpaired) electrons. The van der Waals surface area contributed by atoms with Gasteiger partial charge in [-0.15, -0.1) is 0 Å². The molecule has 30 heavy (non-hydrogen) atoms. The Hall–Kier alpha value is -1.90. The maximum atomic E-state index is 5.90. The van der Waals surface area contributed by atoms with Gasteiger partial charge in [-0.25, -0.2) is 9.97 Å². The zero-order chi connectivity index (χ0) is 21.4. The molecule has 0 fully saturated rings. The van der Waals surface area contributed by atoms with Gasteiger partial charge in [0.1, 0.15) is 5.75 Å². The molecule has 3 heteroatoms. The molecule has 0 aliphatic heterocycles. The fourth-order valence-electron chi connectivity index (χ4n) is 3.64. The van der Waals surface area contributed by atoms with E-state index in [4.69, 9.17) is 4.74 Å². The van der Waals surface area contributed by atoms with Crippen LogP contribution in [0.4, 0.5) is 0 Å². The molecule has 3 nitrogen and oxygen atoms in total. The third kappa shape index (κ3) is 9.73. The van der Waals surface area contributed by atoms with Gasteiger partial charge in [-0.2, -0.15) is 0 Å². The smallest absolute Gasteiger partial charge is 0.159 e. The van der Waals surface area contributed by atoms with Crippen molar-refractivity contribution in [3.05, 3.63) is 42.2 Å². The third-order valence-corrected chi connectivity index (χ3v) is 5.87. The fourth-order valence-corrected chi connectivity index (χ4v) is 3.64. The van der Waals surface area contributed by atoms with E-state index in [1.54, 1.807) is 0 Å². The molecular weight excluding hydrogens is 368 g/mol. The zero-order valence-corrected chi connectivity index (χ0v) is 19.5. The molecule has 166 valence electrons. The van der Waals surface area contributed by atoms with E-state index in [-0.39, 0.29) is 0 Å². The van der Waals surface area contributed by atoms with E-state index in [0.29, 0.717) is 5.92 Å². The molecule has 0 spiro atoms. The first-order chi connectivity index (χ1) is 14.7. The van der Waals surface area contributed by atoms with Crippen LogP contribution in [0.5, 0.6) is 5.75 Å². The predicted octanol–water partition coefficient (Wildman–Crippen LogP) is 8.03. The quantitative estimate of drug-likeness (QED) is 0.263. The van der Waals surface area contributed by atoms with Crippen molar-refractivity contribution in [3.63, 3.8) is 0 Å². The lowest BCUT2D eigenvalue weighted by atomic mass is 10.0. The fraction of sp³-hybridized carbons (Fsp3) is 0.630. The Kier molecular flexibility index (Phi) is 12.2. The second-order valence-corrected chi connectivity index (χ2v) is 8.69. The number of nitrogens with zero attached hydrogens (tertiary/aromatic N) is 2. The van der Waals surface area contributed by atoms with Gasteiger partial charge in [-0.1, -0.05) is 85.0 Å². The summed E-state index contributed by atoms with van der Waals surface area (Å²) >= 11 is 0. The van der Waals surface area contributed by atoms with Crippen molar-refractivity contribution in [1.29, 1.82) is 0 Å². The molecule has 0 saturated heterocycles. The molecule has 0 saturated carbocycles. The summed E-state index contributed by atoms with van der Waals surface area (Å²) in [6.07, 6.45) is 19.6. The highest BCUT2D eigenvalue weighted by atomic mass is 16.5. The number of unbranched alkanes of at least 4 members (excludes halogenated alkanes) is 9. The van der Waals surface area contributed by atoms with Crippen LogP contribution in [0.3, 0.4) is 0 Å². The van der Waals surface area contributed by atoms with Gasteiger partial charge < -0.3 is 4.74 Å². The summed E-state index contributed by atoms with van der Waals surface area (Å²) in [5.74, 6) is 2.39. The van der Waals surface area contributed by atoms with Crippen LogP contribution in [0, 0.1) is 5.92 Å². The summed E-state index contributed by atoms with van der Waals surface area (Å²) in [6, 6.07) is 8.17. The number of aromatic nitrogens is 2. The lowest BCUT2D eigenvalue weighted by molar-refractivity contribution is 0.304. The van der Waals surface area contributed by atoms with Gasteiger partial charge in [-0.05, 0) is 48.6 Å². The Morgan fingerprint density at radius 3 is 1.90 bits per heavy atom. The Morgan fingerprint density at radius 1 is 0.767 bits per heavy atom. The normalized spacial score (nSPS) is 12.1. The third-order valence-electron chi connectivity index (χ3n) is 5.87. The van der Waals surface area contributed by atoms with Crippen molar-refractivity contribution in [1.82, 2.24) is 9.97 Å². The molecule has 1 unspecified atom stereocenters. The van der Waals surface area contributed by atoms with Gasteiger partial charge in [-0.3, -0.25) is 0 Å². The molecule has 0 aliphatic carbocycles. The topological polar surface area (TPSA) is 35.0 Å². The minimum absolute atomic E-state index is 0.673. The van der Waals surface area contributed by atoms with Crippen LogP contribution in [0.15, 0.2) is 36.7 Å². The van der Waals surface area contributed by atoms with Gasteiger partial charge in [0, 0.05) is 18.0 Å². The van der Waals surface area contributed by atoms with Gasteiger partial charge in [0.15, 0.2) is 5.82 Å². The molecule has 1 aromatic heterocycles. The monoisotopic (exact) mass is 410 g/mol. The summed E-state index contributed by atoms with van der Waals surface area (Å²) in [6.45, 7) is 7.57. The van der Waals surface area contributed by atoms with Crippen molar-refractivity contribution in [2.45, 2.75) is 97.8 Å². The molecule has 0 aliphatic rings. The van der Waals surface area contributed by atoms with Crippen molar-refractivity contribution in [2.24, 2.45) is 5.92 Å². The van der Waals surface area contributed by atoms with Gasteiger partial charge in [0.25, 0.3) is 0 Å². The average Bonchev–Trinajstić information content (AvgIpc) is 2.78. The van der Waals surface area contributed by atoms with Crippen LogP contribution in [0.25, 0.3) is 11.4 Å². The molecule has 0 amide bonds. The predicted molar refractivity (Wildman–Crippen MR) is 128 cm³/mol. The molecule has 0 N–H and O–H groups in total. The first kappa shape index (κ1) is 24.4. The Balaban J connectivity index is 1.61. The lowest BCUT2D eigenvalue weighted by Gasteiger charge is -2.09. The summed E-state index contributed by atoms with van der Waals surface area (Å²) < 4.78 is 5.90. The highest BCUT2D eigenvalue weighted by Gasteiger charge is 2.05. The van der Waals surface area contributed by atoms with Crippen LogP contribution < -0.4 is 4.74 Å². The van der Waals surface area contributed by atoms with Crippen molar-refractivity contribution in [3.8, 4) is 17.1 Å². The Bertz CT molecular complexity index is 666. The number of hydrogen-bond acceptors (Lipinski definition) is 3. The van der Waals surface area contributed by atoms with E-state index in [9.17, 15) is 0 Å². The van der Waals surface area contributed by atoms with E-state index in [0.717, 1.165) is 36.6 Å². The van der Waals surface area contributed by atoms with Gasteiger partial charge in [0.05, 0.1) is 6.61 Å². The van der Waals surface area contributed by atoms with E-state index in [2.05, 4.69) is 42.9 Å². The summed E-state index contributed by atoms with van der Waals surface area (Å²) in [4.78, 5) is 9.09. The highest BCUT2D eigenvalue weighted by molar-refractivity contribution is 5.55. The van der Waals surface area contributed by atoms with E-state index in [1.165, 1.54) is 69.8 Å². The molecule has 1 atom stereocenters. The van der Waals surface area contributed by atoms with Crippen LogP contribution >= 0.6 is 0 Å². The van der Waals surface area contributed by atoms with Crippen molar-refractivity contribution in [2.75, 3.05) is 6.61 Å². The second-order valence-electron chi connectivity index (χ2n) is 8.69. The summed E-state index contributed by atoms with van der Waals surface area (Å²) in [5, 5.41) is 0. The maximum Gasteiger partial charge on any atom is 0.159 e. The van der Waals surface area contributed by atoms with E-state index in [1.807, 2.05) is 24.5 Å². The zero-order valence-electron chi connectivity index (χ0n) is 19.5.